The smallest absolute Gasteiger partial charge is 0.220 e. The van der Waals surface area contributed by atoms with Gasteiger partial charge in [-0.15, -0.1) is 24.0 Å². The van der Waals surface area contributed by atoms with Crippen molar-refractivity contribution in [2.45, 2.75) is 19.1 Å². The highest BCUT2D eigenvalue weighted by Crippen LogP contribution is 2.14. The van der Waals surface area contributed by atoms with E-state index in [4.69, 9.17) is 14.3 Å². The molecule has 0 amide bonds. The van der Waals surface area contributed by atoms with Crippen LogP contribution in [0.3, 0.4) is 0 Å². The second-order valence-electron chi connectivity index (χ2n) is 6.97. The molecule has 1 aliphatic rings. The highest BCUT2D eigenvalue weighted by Gasteiger charge is 2.28. The third-order valence-corrected chi connectivity index (χ3v) is 6.70. The predicted octanol–water partition coefficient (Wildman–Crippen LogP) is 1.96. The van der Waals surface area contributed by atoms with Gasteiger partial charge in [0.15, 0.2) is 5.96 Å². The molecule has 0 unspecified atom stereocenters. The van der Waals surface area contributed by atoms with E-state index in [1.165, 1.54) is 10.6 Å². The minimum absolute atomic E-state index is 0. The first-order chi connectivity index (χ1) is 14.5. The molecule has 0 bridgehead atoms. The third-order valence-electron chi connectivity index (χ3n) is 4.88. The van der Waals surface area contributed by atoms with Crippen LogP contribution < -0.4 is 10.1 Å². The van der Waals surface area contributed by atoms with Gasteiger partial charge < -0.3 is 19.5 Å². The lowest BCUT2D eigenvalue weighted by Gasteiger charge is -2.35. The Labute approximate surface area is 200 Å². The molecule has 2 aromatic rings. The number of piperazine rings is 1. The van der Waals surface area contributed by atoms with Crippen LogP contribution in [0.15, 0.2) is 46.1 Å². The summed E-state index contributed by atoms with van der Waals surface area (Å²) in [7, 11) is -1.76. The summed E-state index contributed by atoms with van der Waals surface area (Å²) < 4.78 is 36.7. The zero-order valence-corrected chi connectivity index (χ0v) is 21.0. The summed E-state index contributed by atoms with van der Waals surface area (Å²) in [5.74, 6) is 1.51. The van der Waals surface area contributed by atoms with Gasteiger partial charge in [0.05, 0.1) is 12.8 Å². The van der Waals surface area contributed by atoms with Crippen molar-refractivity contribution in [3.63, 3.8) is 0 Å². The zero-order chi connectivity index (χ0) is 21.4. The Bertz CT molecular complexity index is 929. The number of halogens is 1. The molecule has 31 heavy (non-hydrogen) atoms. The summed E-state index contributed by atoms with van der Waals surface area (Å²) in [5.41, 5.74) is 1.59. The van der Waals surface area contributed by atoms with E-state index in [-0.39, 0.29) is 29.7 Å². The number of ether oxygens (including phenoxy) is 1. The molecule has 1 aromatic carbocycles. The van der Waals surface area contributed by atoms with E-state index >= 15 is 0 Å². The molecule has 1 fully saturated rings. The Morgan fingerprint density at radius 2 is 2.03 bits per heavy atom. The Kier molecular flexibility index (Phi) is 10.0. The molecule has 0 saturated carbocycles. The van der Waals surface area contributed by atoms with Gasteiger partial charge in [-0.3, -0.25) is 4.99 Å². The van der Waals surface area contributed by atoms with Crippen LogP contribution in [0, 0.1) is 0 Å². The molecule has 2 heterocycles. The minimum atomic E-state index is -3.42. The monoisotopic (exact) mass is 563 g/mol. The lowest BCUT2D eigenvalue weighted by atomic mass is 10.1. The van der Waals surface area contributed by atoms with Crippen molar-refractivity contribution >= 4 is 40.0 Å². The van der Waals surface area contributed by atoms with Gasteiger partial charge in [-0.25, -0.2) is 8.42 Å². The van der Waals surface area contributed by atoms with Crippen LogP contribution in [-0.2, 0) is 22.2 Å². The summed E-state index contributed by atoms with van der Waals surface area (Å²) in [6.45, 7) is 5.42. The van der Waals surface area contributed by atoms with E-state index < -0.39 is 10.0 Å². The van der Waals surface area contributed by atoms with E-state index in [2.05, 4.69) is 21.4 Å². The van der Waals surface area contributed by atoms with Crippen molar-refractivity contribution in [2.75, 3.05) is 46.4 Å². The molecular formula is C20H30IN5O4S. The highest BCUT2D eigenvalue weighted by atomic mass is 127. The molecule has 3 rings (SSSR count). The summed E-state index contributed by atoms with van der Waals surface area (Å²) in [4.78, 5) is 6.84. The lowest BCUT2D eigenvalue weighted by molar-refractivity contribution is 0.260. The maximum absolute atomic E-state index is 12.6. The number of hydrogen-bond donors (Lipinski definition) is 1. The minimum Gasteiger partial charge on any atom is -0.497 e. The number of methoxy groups -OCH3 is 1. The Balaban J connectivity index is 0.00000341. The number of hydrogen-bond acceptors (Lipinski definition) is 6. The van der Waals surface area contributed by atoms with Crippen LogP contribution in [0.25, 0.3) is 0 Å². The van der Waals surface area contributed by atoms with Crippen LogP contribution in [0.2, 0.25) is 0 Å². The maximum atomic E-state index is 12.6. The number of sulfonamides is 1. The van der Waals surface area contributed by atoms with Crippen LogP contribution in [0.4, 0.5) is 0 Å². The molecule has 1 aromatic heterocycles. The summed E-state index contributed by atoms with van der Waals surface area (Å²) in [6, 6.07) is 9.55. The second-order valence-corrected chi connectivity index (χ2v) is 8.94. The molecule has 0 aliphatic carbocycles. The zero-order valence-electron chi connectivity index (χ0n) is 17.9. The van der Waals surface area contributed by atoms with Crippen molar-refractivity contribution in [1.82, 2.24) is 19.7 Å². The van der Waals surface area contributed by atoms with Gasteiger partial charge in [0.25, 0.3) is 0 Å². The quantitative estimate of drug-likeness (QED) is 0.298. The molecule has 1 N–H and O–H groups in total. The van der Waals surface area contributed by atoms with Gasteiger partial charge in [-0.05, 0) is 31.0 Å². The molecule has 1 aliphatic heterocycles. The molecule has 1 saturated heterocycles. The molecule has 9 nitrogen and oxygen atoms in total. The normalized spacial score (nSPS) is 15.4. The van der Waals surface area contributed by atoms with E-state index in [0.29, 0.717) is 38.4 Å². The fraction of sp³-hybridized carbons (Fsp3) is 0.500. The van der Waals surface area contributed by atoms with Crippen LogP contribution >= 0.6 is 24.0 Å². The summed E-state index contributed by atoms with van der Waals surface area (Å²) in [5, 5.41) is 7.02. The van der Waals surface area contributed by atoms with Gasteiger partial charge in [-0.1, -0.05) is 17.3 Å². The molecule has 11 heteroatoms. The Hall–Kier alpha value is -1.86. The molecule has 0 radical (unpaired) electrons. The number of aliphatic imine (C=N–C) groups is 1. The van der Waals surface area contributed by atoms with Gasteiger partial charge in [0.2, 0.25) is 10.0 Å². The van der Waals surface area contributed by atoms with Crippen molar-refractivity contribution in [3.05, 3.63) is 47.9 Å². The number of guanidine groups is 1. The first-order valence-electron chi connectivity index (χ1n) is 10.0. The largest absolute Gasteiger partial charge is 0.497 e. The standard InChI is InChI=1S/C20H29N5O4S.HI/c1-3-21-20(22-9-7-17-5-4-6-19(15-17)28-2)24-10-12-25(13-11-24)30(26,27)16-18-8-14-29-23-18;/h4-6,8,14-15H,3,7,9-13,16H2,1-2H3,(H,21,22);1H. The summed E-state index contributed by atoms with van der Waals surface area (Å²) >= 11 is 0. The van der Waals surface area contributed by atoms with Gasteiger partial charge in [0.1, 0.15) is 17.8 Å². The van der Waals surface area contributed by atoms with Crippen molar-refractivity contribution in [1.29, 1.82) is 0 Å². The summed E-state index contributed by atoms with van der Waals surface area (Å²) in [6.07, 6.45) is 2.19. The van der Waals surface area contributed by atoms with E-state index in [9.17, 15) is 8.42 Å². The Morgan fingerprint density at radius 1 is 1.26 bits per heavy atom. The topological polar surface area (TPSA) is 100 Å². The second kappa shape index (κ2) is 12.2. The van der Waals surface area contributed by atoms with Crippen molar-refractivity contribution in [2.24, 2.45) is 4.99 Å². The molecule has 172 valence electrons. The van der Waals surface area contributed by atoms with E-state index in [0.717, 1.165) is 30.2 Å². The fourth-order valence-electron chi connectivity index (χ4n) is 3.31. The SMILES string of the molecule is CCNC(=NCCc1cccc(OC)c1)N1CCN(S(=O)(=O)Cc2ccon2)CC1.I. The molecule has 0 spiro atoms. The fourth-order valence-corrected chi connectivity index (χ4v) is 4.74. The number of aromatic nitrogens is 1. The molecular weight excluding hydrogens is 533 g/mol. The first-order valence-corrected chi connectivity index (χ1v) is 11.7. The molecule has 0 atom stereocenters. The van der Waals surface area contributed by atoms with Gasteiger partial charge in [0, 0.05) is 45.3 Å². The first kappa shape index (κ1) is 25.4. The van der Waals surface area contributed by atoms with Crippen molar-refractivity contribution < 1.29 is 17.7 Å². The number of nitrogens with one attached hydrogen (secondary N) is 1. The van der Waals surface area contributed by atoms with Gasteiger partial charge in [-0.2, -0.15) is 4.31 Å². The van der Waals surface area contributed by atoms with Crippen LogP contribution in [0.5, 0.6) is 5.75 Å². The van der Waals surface area contributed by atoms with E-state index in [1.807, 2.05) is 25.1 Å². The van der Waals surface area contributed by atoms with Crippen LogP contribution in [-0.4, -0.2) is 75.1 Å². The third kappa shape index (κ3) is 7.35. The number of nitrogens with zero attached hydrogens (tertiary/aromatic N) is 4. The average molecular weight is 563 g/mol. The lowest BCUT2D eigenvalue weighted by Crippen LogP contribution is -2.54. The Morgan fingerprint density at radius 3 is 2.68 bits per heavy atom. The number of rotatable bonds is 8. The average Bonchev–Trinajstić information content (AvgIpc) is 3.26. The van der Waals surface area contributed by atoms with E-state index in [1.54, 1.807) is 13.2 Å². The highest BCUT2D eigenvalue weighted by molar-refractivity contribution is 14.0. The predicted molar refractivity (Wildman–Crippen MR) is 130 cm³/mol. The van der Waals surface area contributed by atoms with Gasteiger partial charge >= 0.3 is 0 Å². The maximum Gasteiger partial charge on any atom is 0.220 e. The number of benzene rings is 1. The van der Waals surface area contributed by atoms with Crippen molar-refractivity contribution in [3.8, 4) is 5.75 Å². The van der Waals surface area contributed by atoms with Crippen LogP contribution in [0.1, 0.15) is 18.2 Å².